The van der Waals surface area contributed by atoms with E-state index in [1.165, 1.54) is 36.2 Å². The summed E-state index contributed by atoms with van der Waals surface area (Å²) in [5.74, 6) is 0. The quantitative estimate of drug-likeness (QED) is 0.853. The van der Waals surface area contributed by atoms with E-state index >= 15 is 0 Å². The van der Waals surface area contributed by atoms with E-state index in [-0.39, 0.29) is 0 Å². The summed E-state index contributed by atoms with van der Waals surface area (Å²) in [4.78, 5) is 2.36. The predicted octanol–water partition coefficient (Wildman–Crippen LogP) is 2.58. The first-order chi connectivity index (χ1) is 9.24. The van der Waals surface area contributed by atoms with Gasteiger partial charge in [0.05, 0.1) is 6.61 Å². The molecule has 3 nitrogen and oxygen atoms in total. The Hall–Kier alpha value is -1.06. The van der Waals surface area contributed by atoms with Crippen LogP contribution in [0.4, 0.5) is 5.69 Å². The van der Waals surface area contributed by atoms with Gasteiger partial charge in [0.1, 0.15) is 0 Å². The maximum atomic E-state index is 5.22. The van der Waals surface area contributed by atoms with E-state index in [9.17, 15) is 0 Å². The summed E-state index contributed by atoms with van der Waals surface area (Å²) in [6.45, 7) is 5.08. The highest BCUT2D eigenvalue weighted by Crippen LogP contribution is 2.26. The van der Waals surface area contributed by atoms with Crippen LogP contribution in [0.15, 0.2) is 18.2 Å². The molecule has 0 saturated carbocycles. The predicted molar refractivity (Wildman–Crippen MR) is 80.8 cm³/mol. The smallest absolute Gasteiger partial charge is 0.0615 e. The first kappa shape index (κ1) is 14.4. The molecule has 1 heterocycles. The van der Waals surface area contributed by atoms with Crippen LogP contribution in [0.2, 0.25) is 0 Å². The topological polar surface area (TPSA) is 24.5 Å². The largest absolute Gasteiger partial charge is 0.383 e. The van der Waals surface area contributed by atoms with Crippen molar-refractivity contribution in [1.82, 2.24) is 5.32 Å². The molecule has 0 fully saturated rings. The number of anilines is 1. The minimum absolute atomic E-state index is 0.448. The third-order valence-corrected chi connectivity index (χ3v) is 3.95. The molecule has 1 aliphatic rings. The van der Waals surface area contributed by atoms with Crippen LogP contribution in [0, 0.1) is 0 Å². The lowest BCUT2D eigenvalue weighted by molar-refractivity contribution is 0.164. The van der Waals surface area contributed by atoms with Gasteiger partial charge in [0.2, 0.25) is 0 Å². The molecule has 2 rings (SSSR count). The van der Waals surface area contributed by atoms with Gasteiger partial charge in [0.15, 0.2) is 0 Å². The van der Waals surface area contributed by atoms with E-state index in [2.05, 4.69) is 42.4 Å². The molecule has 1 unspecified atom stereocenters. The van der Waals surface area contributed by atoms with Crippen LogP contribution in [0.25, 0.3) is 0 Å². The van der Waals surface area contributed by atoms with Crippen LogP contribution in [-0.2, 0) is 17.7 Å². The van der Waals surface area contributed by atoms with Crippen molar-refractivity contribution in [2.45, 2.75) is 38.8 Å². The van der Waals surface area contributed by atoms with Gasteiger partial charge in [-0.25, -0.2) is 0 Å². The van der Waals surface area contributed by atoms with Crippen molar-refractivity contribution < 1.29 is 4.74 Å². The van der Waals surface area contributed by atoms with Gasteiger partial charge in [-0.3, -0.25) is 0 Å². The Balaban J connectivity index is 1.98. The summed E-state index contributed by atoms with van der Waals surface area (Å²) < 4.78 is 5.22. The molecule has 0 aromatic heterocycles. The standard InChI is InChI=1S/C16H26N2O/c1-4-15(12-19-3)17-11-13-7-8-16-14(10-13)6-5-9-18(16)2/h7-8,10,15,17H,4-6,9,11-12H2,1-3H3. The highest BCUT2D eigenvalue weighted by atomic mass is 16.5. The molecule has 0 saturated heterocycles. The Labute approximate surface area is 116 Å². The second-order valence-electron chi connectivity index (χ2n) is 5.43. The van der Waals surface area contributed by atoms with Crippen molar-refractivity contribution in [3.8, 4) is 0 Å². The van der Waals surface area contributed by atoms with Gasteiger partial charge < -0.3 is 15.0 Å². The molecule has 1 atom stereocenters. The van der Waals surface area contributed by atoms with Crippen LogP contribution < -0.4 is 10.2 Å². The zero-order valence-corrected chi connectivity index (χ0v) is 12.4. The molecule has 19 heavy (non-hydrogen) atoms. The van der Waals surface area contributed by atoms with Crippen LogP contribution >= 0.6 is 0 Å². The maximum absolute atomic E-state index is 5.22. The van der Waals surface area contributed by atoms with Gasteiger partial charge in [-0.15, -0.1) is 0 Å². The highest BCUT2D eigenvalue weighted by molar-refractivity contribution is 5.56. The molecule has 1 aliphatic heterocycles. The van der Waals surface area contributed by atoms with Crippen molar-refractivity contribution in [2.75, 3.05) is 32.2 Å². The number of hydrogen-bond donors (Lipinski definition) is 1. The monoisotopic (exact) mass is 262 g/mol. The summed E-state index contributed by atoms with van der Waals surface area (Å²) in [5.41, 5.74) is 4.27. The van der Waals surface area contributed by atoms with Crippen molar-refractivity contribution in [3.05, 3.63) is 29.3 Å². The molecule has 0 bridgehead atoms. The van der Waals surface area contributed by atoms with Crippen LogP contribution in [0.3, 0.4) is 0 Å². The maximum Gasteiger partial charge on any atom is 0.0615 e. The van der Waals surface area contributed by atoms with E-state index in [1.807, 2.05) is 0 Å². The van der Waals surface area contributed by atoms with Crippen molar-refractivity contribution in [3.63, 3.8) is 0 Å². The average molecular weight is 262 g/mol. The van der Waals surface area contributed by atoms with E-state index < -0.39 is 0 Å². The lowest BCUT2D eigenvalue weighted by atomic mass is 9.99. The molecule has 1 aromatic rings. The molecule has 1 aromatic carbocycles. The van der Waals surface area contributed by atoms with Crippen LogP contribution in [0.1, 0.15) is 30.9 Å². The molecule has 0 amide bonds. The first-order valence-electron chi connectivity index (χ1n) is 7.29. The molecule has 0 radical (unpaired) electrons. The van der Waals surface area contributed by atoms with Gasteiger partial charge in [-0.05, 0) is 36.5 Å². The molecule has 106 valence electrons. The van der Waals surface area contributed by atoms with Gasteiger partial charge in [0, 0.05) is 39.0 Å². The van der Waals surface area contributed by atoms with Gasteiger partial charge in [0.25, 0.3) is 0 Å². The normalized spacial score (nSPS) is 16.3. The number of fused-ring (bicyclic) bond motifs is 1. The van der Waals surface area contributed by atoms with Crippen molar-refractivity contribution in [2.24, 2.45) is 0 Å². The Kier molecular flexibility index (Phi) is 5.23. The van der Waals surface area contributed by atoms with E-state index in [1.54, 1.807) is 7.11 Å². The van der Waals surface area contributed by atoms with Gasteiger partial charge in [-0.2, -0.15) is 0 Å². The number of nitrogens with one attached hydrogen (secondary N) is 1. The summed E-state index contributed by atoms with van der Waals surface area (Å²) in [5, 5.41) is 3.57. The summed E-state index contributed by atoms with van der Waals surface area (Å²) in [7, 11) is 3.95. The fourth-order valence-corrected chi connectivity index (χ4v) is 2.73. The summed E-state index contributed by atoms with van der Waals surface area (Å²) in [6.07, 6.45) is 3.58. The van der Waals surface area contributed by atoms with Crippen molar-refractivity contribution >= 4 is 5.69 Å². The Morgan fingerprint density at radius 1 is 1.42 bits per heavy atom. The Morgan fingerprint density at radius 3 is 3.00 bits per heavy atom. The lowest BCUT2D eigenvalue weighted by Gasteiger charge is -2.28. The number of ether oxygens (including phenoxy) is 1. The van der Waals surface area contributed by atoms with Gasteiger partial charge in [-0.1, -0.05) is 19.1 Å². The first-order valence-corrected chi connectivity index (χ1v) is 7.29. The average Bonchev–Trinajstić information content (AvgIpc) is 2.43. The molecule has 3 heteroatoms. The Morgan fingerprint density at radius 2 is 2.26 bits per heavy atom. The van der Waals surface area contributed by atoms with E-state index in [0.717, 1.165) is 19.6 Å². The Bertz CT molecular complexity index is 406. The van der Waals surface area contributed by atoms with E-state index in [0.29, 0.717) is 6.04 Å². The minimum Gasteiger partial charge on any atom is -0.383 e. The molecular formula is C16H26N2O. The number of rotatable bonds is 6. The zero-order chi connectivity index (χ0) is 13.7. The molecule has 0 spiro atoms. The fraction of sp³-hybridized carbons (Fsp3) is 0.625. The SMILES string of the molecule is CCC(COC)NCc1ccc2c(c1)CCCN2C. The summed E-state index contributed by atoms with van der Waals surface area (Å²) >= 11 is 0. The lowest BCUT2D eigenvalue weighted by Crippen LogP contribution is -2.32. The minimum atomic E-state index is 0.448. The van der Waals surface area contributed by atoms with E-state index in [4.69, 9.17) is 4.74 Å². The second-order valence-corrected chi connectivity index (χ2v) is 5.43. The molecule has 1 N–H and O–H groups in total. The second kappa shape index (κ2) is 6.92. The zero-order valence-electron chi connectivity index (χ0n) is 12.4. The number of hydrogen-bond acceptors (Lipinski definition) is 3. The molecule has 0 aliphatic carbocycles. The van der Waals surface area contributed by atoms with Crippen molar-refractivity contribution in [1.29, 1.82) is 0 Å². The molecular weight excluding hydrogens is 236 g/mol. The van der Waals surface area contributed by atoms with Gasteiger partial charge >= 0.3 is 0 Å². The third-order valence-electron chi connectivity index (χ3n) is 3.95. The van der Waals surface area contributed by atoms with Crippen LogP contribution in [-0.4, -0.2) is 33.4 Å². The fourth-order valence-electron chi connectivity index (χ4n) is 2.73. The highest BCUT2D eigenvalue weighted by Gasteiger charge is 2.13. The van der Waals surface area contributed by atoms with Crippen LogP contribution in [0.5, 0.6) is 0 Å². The number of aryl methyl sites for hydroxylation is 1. The number of benzene rings is 1. The number of nitrogens with zero attached hydrogens (tertiary/aromatic N) is 1. The number of methoxy groups -OCH3 is 1. The summed E-state index contributed by atoms with van der Waals surface area (Å²) in [6, 6.07) is 7.32. The third kappa shape index (κ3) is 3.71.